The molecule has 0 spiro atoms. The predicted octanol–water partition coefficient (Wildman–Crippen LogP) is 1.04. The van der Waals surface area contributed by atoms with E-state index in [0.717, 1.165) is 0 Å². The van der Waals surface area contributed by atoms with Crippen molar-refractivity contribution in [2.45, 2.75) is 25.7 Å². The molecule has 1 aromatic heterocycles. The molecule has 0 bridgehead atoms. The molecular weight excluding hydrogens is 240 g/mol. The molecule has 0 unspecified atom stereocenters. The first-order chi connectivity index (χ1) is 7.63. The summed E-state index contributed by atoms with van der Waals surface area (Å²) in [6, 6.07) is 2.52. The highest BCUT2D eigenvalue weighted by atomic mass is 32.2. The van der Waals surface area contributed by atoms with Gasteiger partial charge in [-0.3, -0.25) is 4.79 Å². The molecule has 1 N–H and O–H groups in total. The van der Waals surface area contributed by atoms with Crippen LogP contribution in [0.15, 0.2) is 28.0 Å². The molecule has 1 heterocycles. The van der Waals surface area contributed by atoms with E-state index in [2.05, 4.69) is 4.98 Å². The summed E-state index contributed by atoms with van der Waals surface area (Å²) in [5, 5.41) is 0. The highest BCUT2D eigenvalue weighted by molar-refractivity contribution is 7.89. The lowest BCUT2D eigenvalue weighted by atomic mass is 9.97. The first-order valence-corrected chi connectivity index (χ1v) is 6.72. The topological polar surface area (TPSA) is 70.2 Å². The second-order valence-corrected chi connectivity index (χ2v) is 7.26. The van der Waals surface area contributed by atoms with Crippen molar-refractivity contribution in [3.05, 3.63) is 28.7 Å². The van der Waals surface area contributed by atoms with E-state index >= 15 is 0 Å². The molecule has 0 aliphatic heterocycles. The zero-order valence-electron chi connectivity index (χ0n) is 10.5. The van der Waals surface area contributed by atoms with Gasteiger partial charge in [-0.1, -0.05) is 20.8 Å². The van der Waals surface area contributed by atoms with Crippen LogP contribution in [0, 0.1) is 5.41 Å². The molecule has 1 rings (SSSR count). The van der Waals surface area contributed by atoms with Crippen molar-refractivity contribution in [2.24, 2.45) is 5.41 Å². The normalized spacial score (nSPS) is 13.0. The van der Waals surface area contributed by atoms with Gasteiger partial charge in [0.05, 0.1) is 4.90 Å². The van der Waals surface area contributed by atoms with Gasteiger partial charge in [0.2, 0.25) is 15.6 Å². The molecule has 0 saturated heterocycles. The number of nitrogens with one attached hydrogen (secondary N) is 1. The molecule has 0 atom stereocenters. The van der Waals surface area contributed by atoms with Gasteiger partial charge >= 0.3 is 0 Å². The van der Waals surface area contributed by atoms with E-state index in [0.29, 0.717) is 6.54 Å². The number of hydrogen-bond acceptors (Lipinski definition) is 3. The van der Waals surface area contributed by atoms with Crippen molar-refractivity contribution in [3.63, 3.8) is 0 Å². The van der Waals surface area contributed by atoms with E-state index in [1.165, 1.54) is 29.7 Å². The molecule has 0 aromatic carbocycles. The SMILES string of the molecule is CN(CC(C)(C)C)S(=O)(=O)c1ccc(=O)[nH]c1. The van der Waals surface area contributed by atoms with E-state index in [4.69, 9.17) is 0 Å². The lowest BCUT2D eigenvalue weighted by molar-refractivity contribution is 0.310. The monoisotopic (exact) mass is 258 g/mol. The van der Waals surface area contributed by atoms with Gasteiger partial charge in [-0.15, -0.1) is 0 Å². The molecular formula is C11H18N2O3S. The number of rotatable bonds is 3. The van der Waals surface area contributed by atoms with E-state index in [1.54, 1.807) is 0 Å². The quantitative estimate of drug-likeness (QED) is 0.880. The molecule has 0 aliphatic carbocycles. The Morgan fingerprint density at radius 2 is 1.88 bits per heavy atom. The largest absolute Gasteiger partial charge is 0.328 e. The molecule has 0 radical (unpaired) electrons. The van der Waals surface area contributed by atoms with E-state index in [-0.39, 0.29) is 15.9 Å². The van der Waals surface area contributed by atoms with Gasteiger partial charge in [0.15, 0.2) is 0 Å². The smallest absolute Gasteiger partial charge is 0.247 e. The number of aromatic amines is 1. The van der Waals surface area contributed by atoms with Crippen molar-refractivity contribution < 1.29 is 8.42 Å². The van der Waals surface area contributed by atoms with Crippen LogP contribution in [0.3, 0.4) is 0 Å². The standard InChI is InChI=1S/C11H18N2O3S/c1-11(2,3)8-13(4)17(15,16)9-5-6-10(14)12-7-9/h5-7H,8H2,1-4H3,(H,12,14). The minimum atomic E-state index is -3.53. The summed E-state index contributed by atoms with van der Waals surface area (Å²) in [6.45, 7) is 6.30. The summed E-state index contributed by atoms with van der Waals surface area (Å²) >= 11 is 0. The number of pyridine rings is 1. The van der Waals surface area contributed by atoms with Crippen LogP contribution in [0.2, 0.25) is 0 Å². The third kappa shape index (κ3) is 3.67. The van der Waals surface area contributed by atoms with Gasteiger partial charge in [-0.25, -0.2) is 12.7 Å². The predicted molar refractivity (Wildman–Crippen MR) is 66.3 cm³/mol. The number of H-pyrrole nitrogens is 1. The highest BCUT2D eigenvalue weighted by Gasteiger charge is 2.25. The van der Waals surface area contributed by atoms with Crippen LogP contribution in [0.1, 0.15) is 20.8 Å². The Hall–Kier alpha value is -1.14. The zero-order chi connectivity index (χ0) is 13.3. The molecule has 0 saturated carbocycles. The van der Waals surface area contributed by atoms with Crippen LogP contribution < -0.4 is 5.56 Å². The Bertz CT molecular complexity index is 520. The summed E-state index contributed by atoms with van der Waals surface area (Å²) in [5.74, 6) is 0. The second-order valence-electron chi connectivity index (χ2n) is 5.21. The van der Waals surface area contributed by atoms with Crippen LogP contribution in [0.25, 0.3) is 0 Å². The Kier molecular flexibility index (Phi) is 3.78. The Morgan fingerprint density at radius 3 is 2.29 bits per heavy atom. The van der Waals surface area contributed by atoms with Crippen molar-refractivity contribution in [2.75, 3.05) is 13.6 Å². The van der Waals surface area contributed by atoms with Crippen molar-refractivity contribution in [1.82, 2.24) is 9.29 Å². The number of sulfonamides is 1. The molecule has 0 amide bonds. The fourth-order valence-electron chi connectivity index (χ4n) is 1.49. The summed E-state index contributed by atoms with van der Waals surface area (Å²) in [7, 11) is -1.99. The molecule has 1 aromatic rings. The van der Waals surface area contributed by atoms with Gasteiger partial charge < -0.3 is 4.98 Å². The van der Waals surface area contributed by atoms with E-state index < -0.39 is 10.0 Å². The summed E-state index contributed by atoms with van der Waals surface area (Å²) < 4.78 is 25.5. The summed E-state index contributed by atoms with van der Waals surface area (Å²) in [6.07, 6.45) is 1.22. The Balaban J connectivity index is 3.03. The van der Waals surface area contributed by atoms with Crippen molar-refractivity contribution in [3.8, 4) is 0 Å². The molecule has 5 nitrogen and oxygen atoms in total. The average Bonchev–Trinajstić information content (AvgIpc) is 2.15. The first kappa shape index (κ1) is 13.9. The minimum absolute atomic E-state index is 0.101. The minimum Gasteiger partial charge on any atom is -0.328 e. The van der Waals surface area contributed by atoms with Crippen molar-refractivity contribution in [1.29, 1.82) is 0 Å². The van der Waals surface area contributed by atoms with Gasteiger partial charge in [-0.2, -0.15) is 0 Å². The van der Waals surface area contributed by atoms with Gasteiger partial charge in [0.1, 0.15) is 0 Å². The second kappa shape index (κ2) is 4.62. The lowest BCUT2D eigenvalue weighted by Crippen LogP contribution is -2.34. The van der Waals surface area contributed by atoms with Crippen LogP contribution in [0.5, 0.6) is 0 Å². The molecule has 96 valence electrons. The van der Waals surface area contributed by atoms with Crippen LogP contribution in [0.4, 0.5) is 0 Å². The van der Waals surface area contributed by atoms with Gasteiger partial charge in [0.25, 0.3) is 0 Å². The van der Waals surface area contributed by atoms with E-state index in [1.807, 2.05) is 20.8 Å². The zero-order valence-corrected chi connectivity index (χ0v) is 11.3. The maximum Gasteiger partial charge on any atom is 0.247 e. The van der Waals surface area contributed by atoms with Crippen LogP contribution >= 0.6 is 0 Å². The molecule has 0 fully saturated rings. The summed E-state index contributed by atoms with van der Waals surface area (Å²) in [4.78, 5) is 13.3. The van der Waals surface area contributed by atoms with Crippen molar-refractivity contribution >= 4 is 10.0 Å². The third-order valence-corrected chi connectivity index (χ3v) is 3.96. The van der Waals surface area contributed by atoms with E-state index in [9.17, 15) is 13.2 Å². The first-order valence-electron chi connectivity index (χ1n) is 5.28. The molecule has 17 heavy (non-hydrogen) atoms. The Morgan fingerprint density at radius 1 is 1.29 bits per heavy atom. The van der Waals surface area contributed by atoms with Crippen LogP contribution in [-0.2, 0) is 10.0 Å². The average molecular weight is 258 g/mol. The van der Waals surface area contributed by atoms with Gasteiger partial charge in [-0.05, 0) is 11.5 Å². The summed E-state index contributed by atoms with van der Waals surface area (Å²) in [5.41, 5.74) is -0.438. The fourth-order valence-corrected chi connectivity index (χ4v) is 2.85. The van der Waals surface area contributed by atoms with Crippen LogP contribution in [-0.4, -0.2) is 31.3 Å². The lowest BCUT2D eigenvalue weighted by Gasteiger charge is -2.25. The maximum absolute atomic E-state index is 12.1. The Labute approximate surface area is 102 Å². The fraction of sp³-hybridized carbons (Fsp3) is 0.545. The number of aromatic nitrogens is 1. The molecule has 6 heteroatoms. The number of hydrogen-bond donors (Lipinski definition) is 1. The van der Waals surface area contributed by atoms with Gasteiger partial charge in [0, 0.05) is 25.9 Å². The third-order valence-electron chi connectivity index (χ3n) is 2.16. The maximum atomic E-state index is 12.1. The molecule has 0 aliphatic rings. The highest BCUT2D eigenvalue weighted by Crippen LogP contribution is 2.19. The number of nitrogens with zero attached hydrogens (tertiary/aromatic N) is 1.